The van der Waals surface area contributed by atoms with Crippen molar-refractivity contribution in [3.8, 4) is 0 Å². The van der Waals surface area contributed by atoms with Crippen LogP contribution in [0.1, 0.15) is 16.8 Å². The van der Waals surface area contributed by atoms with E-state index >= 15 is 0 Å². The molecule has 0 aliphatic carbocycles. The molecule has 1 heterocycles. The Balaban J connectivity index is 2.99. The van der Waals surface area contributed by atoms with Crippen LogP contribution in [0.2, 0.25) is 5.15 Å². The van der Waals surface area contributed by atoms with Gasteiger partial charge in [0.2, 0.25) is 0 Å². The Morgan fingerprint density at radius 1 is 1.69 bits per heavy atom. The Morgan fingerprint density at radius 3 is 3.00 bits per heavy atom. The minimum atomic E-state index is -0.0290. The molecule has 0 saturated heterocycles. The number of pyridine rings is 1. The average Bonchev–Trinajstić information content (AvgIpc) is 2.09. The molecule has 0 amide bonds. The van der Waals surface area contributed by atoms with Gasteiger partial charge in [0.1, 0.15) is 5.15 Å². The van der Waals surface area contributed by atoms with E-state index in [1.54, 1.807) is 0 Å². The molecule has 0 aromatic carbocycles. The van der Waals surface area contributed by atoms with E-state index in [9.17, 15) is 4.79 Å². The minimum absolute atomic E-state index is 0.0290. The molecule has 0 radical (unpaired) electrons. The fraction of sp³-hybridized carbons (Fsp3) is 0.250. The molecule has 5 heteroatoms. The Kier molecular flexibility index (Phi) is 3.84. The van der Waals surface area contributed by atoms with Gasteiger partial charge in [0.05, 0.1) is 0 Å². The highest BCUT2D eigenvalue weighted by Gasteiger charge is 2.09. The third-order valence-electron chi connectivity index (χ3n) is 1.49. The molecule has 1 aromatic rings. The molecule has 1 rings (SSSR count). The maximum Gasteiger partial charge on any atom is 0.165 e. The van der Waals surface area contributed by atoms with E-state index in [0.29, 0.717) is 28.2 Å². The van der Waals surface area contributed by atoms with Crippen LogP contribution in [0.5, 0.6) is 0 Å². The van der Waals surface area contributed by atoms with Crippen molar-refractivity contribution in [1.29, 1.82) is 0 Å². The van der Waals surface area contributed by atoms with Crippen LogP contribution in [0, 0.1) is 0 Å². The van der Waals surface area contributed by atoms with E-state index in [2.05, 4.69) is 20.9 Å². The number of nitrogens with two attached hydrogens (primary N) is 1. The van der Waals surface area contributed by atoms with Gasteiger partial charge in [-0.05, 0) is 28.5 Å². The van der Waals surface area contributed by atoms with Crippen LogP contribution in [0.4, 0.5) is 0 Å². The molecule has 3 nitrogen and oxygen atoms in total. The Labute approximate surface area is 89.4 Å². The van der Waals surface area contributed by atoms with E-state index in [1.165, 1.54) is 12.3 Å². The van der Waals surface area contributed by atoms with Gasteiger partial charge in [0, 0.05) is 22.7 Å². The molecule has 0 aliphatic rings. The van der Waals surface area contributed by atoms with E-state index in [0.717, 1.165) is 0 Å². The van der Waals surface area contributed by atoms with Crippen molar-refractivity contribution in [2.75, 3.05) is 6.54 Å². The predicted octanol–water partition coefficient (Wildman–Crippen LogP) is 2.03. The number of halogens is 2. The smallest absolute Gasteiger partial charge is 0.165 e. The van der Waals surface area contributed by atoms with Crippen LogP contribution in [0.25, 0.3) is 0 Å². The largest absolute Gasteiger partial charge is 0.330 e. The van der Waals surface area contributed by atoms with Crippen LogP contribution in [0.15, 0.2) is 16.7 Å². The molecule has 0 atom stereocenters. The lowest BCUT2D eigenvalue weighted by atomic mass is 10.1. The molecule has 2 N–H and O–H groups in total. The van der Waals surface area contributed by atoms with Gasteiger partial charge in [-0.25, -0.2) is 4.98 Å². The molecule has 13 heavy (non-hydrogen) atoms. The van der Waals surface area contributed by atoms with E-state index in [4.69, 9.17) is 17.3 Å². The number of carbonyl (C=O) groups is 1. The highest BCUT2D eigenvalue weighted by atomic mass is 79.9. The average molecular weight is 264 g/mol. The number of carbonyl (C=O) groups excluding carboxylic acids is 1. The first-order valence-electron chi connectivity index (χ1n) is 3.69. The Hall–Kier alpha value is -0.450. The van der Waals surface area contributed by atoms with Crippen LogP contribution >= 0.6 is 27.5 Å². The fourth-order valence-electron chi connectivity index (χ4n) is 0.893. The maximum atomic E-state index is 11.4. The summed E-state index contributed by atoms with van der Waals surface area (Å²) in [5.41, 5.74) is 5.80. The molecule has 0 spiro atoms. The summed E-state index contributed by atoms with van der Waals surface area (Å²) >= 11 is 8.86. The predicted molar refractivity (Wildman–Crippen MR) is 54.9 cm³/mol. The van der Waals surface area contributed by atoms with Crippen LogP contribution in [0.3, 0.4) is 0 Å². The summed E-state index contributed by atoms with van der Waals surface area (Å²) in [6.45, 7) is 0.339. The zero-order valence-corrected chi connectivity index (χ0v) is 9.10. The summed E-state index contributed by atoms with van der Waals surface area (Å²) < 4.78 is 0.648. The van der Waals surface area contributed by atoms with Gasteiger partial charge in [-0.1, -0.05) is 11.6 Å². The lowest BCUT2D eigenvalue weighted by molar-refractivity contribution is 0.0984. The molecule has 70 valence electrons. The van der Waals surface area contributed by atoms with Crippen molar-refractivity contribution in [3.05, 3.63) is 27.5 Å². The van der Waals surface area contributed by atoms with Crippen LogP contribution < -0.4 is 5.73 Å². The zero-order chi connectivity index (χ0) is 9.84. The van der Waals surface area contributed by atoms with Crippen molar-refractivity contribution in [2.24, 2.45) is 5.73 Å². The van der Waals surface area contributed by atoms with Gasteiger partial charge in [-0.3, -0.25) is 4.79 Å². The summed E-state index contributed by atoms with van der Waals surface area (Å²) in [5.74, 6) is -0.0290. The summed E-state index contributed by atoms with van der Waals surface area (Å²) in [6, 6.07) is 1.53. The maximum absolute atomic E-state index is 11.4. The topological polar surface area (TPSA) is 56.0 Å². The first kappa shape index (κ1) is 10.6. The molecule has 1 aromatic heterocycles. The number of Topliss-reactive ketones (excluding diaryl/α,β-unsaturated/α-hetero) is 1. The highest BCUT2D eigenvalue weighted by molar-refractivity contribution is 9.10. The third-order valence-corrected chi connectivity index (χ3v) is 2.33. The minimum Gasteiger partial charge on any atom is -0.330 e. The second-order valence-electron chi connectivity index (χ2n) is 2.45. The van der Waals surface area contributed by atoms with E-state index in [1.807, 2.05) is 0 Å². The fourth-order valence-corrected chi connectivity index (χ4v) is 1.49. The first-order valence-corrected chi connectivity index (χ1v) is 4.86. The third kappa shape index (κ3) is 2.76. The molecular formula is C8H8BrClN2O. The number of hydrogen-bond donors (Lipinski definition) is 1. The molecule has 0 bridgehead atoms. The number of aromatic nitrogens is 1. The van der Waals surface area contributed by atoms with E-state index < -0.39 is 0 Å². The molecular weight excluding hydrogens is 255 g/mol. The summed E-state index contributed by atoms with van der Waals surface area (Å²) in [7, 11) is 0. The van der Waals surface area contributed by atoms with Gasteiger partial charge in [0.15, 0.2) is 5.78 Å². The first-order chi connectivity index (χ1) is 6.15. The summed E-state index contributed by atoms with van der Waals surface area (Å²) in [5, 5.41) is 0.309. The number of ketones is 1. The van der Waals surface area contributed by atoms with Crippen LogP contribution in [-0.4, -0.2) is 17.3 Å². The number of nitrogens with zero attached hydrogens (tertiary/aromatic N) is 1. The standard InChI is InChI=1S/C8H8BrClN2O/c9-6-4-12-8(10)3-5(6)7(13)1-2-11/h3-4H,1-2,11H2. The van der Waals surface area contributed by atoms with E-state index in [-0.39, 0.29) is 5.78 Å². The number of rotatable bonds is 3. The lowest BCUT2D eigenvalue weighted by Gasteiger charge is -2.01. The summed E-state index contributed by atoms with van der Waals surface area (Å²) in [4.78, 5) is 15.2. The Morgan fingerprint density at radius 2 is 2.38 bits per heavy atom. The summed E-state index contributed by atoms with van der Waals surface area (Å²) in [6.07, 6.45) is 1.82. The van der Waals surface area contributed by atoms with Crippen molar-refractivity contribution >= 4 is 33.3 Å². The van der Waals surface area contributed by atoms with Gasteiger partial charge >= 0.3 is 0 Å². The quantitative estimate of drug-likeness (QED) is 0.670. The number of hydrogen-bond acceptors (Lipinski definition) is 3. The van der Waals surface area contributed by atoms with Gasteiger partial charge < -0.3 is 5.73 Å². The van der Waals surface area contributed by atoms with Crippen molar-refractivity contribution in [1.82, 2.24) is 4.98 Å². The second kappa shape index (κ2) is 4.69. The monoisotopic (exact) mass is 262 g/mol. The van der Waals surface area contributed by atoms with Crippen molar-refractivity contribution < 1.29 is 4.79 Å². The molecule has 0 unspecified atom stereocenters. The van der Waals surface area contributed by atoms with Gasteiger partial charge in [-0.15, -0.1) is 0 Å². The molecule has 0 saturated carbocycles. The van der Waals surface area contributed by atoms with Gasteiger partial charge in [-0.2, -0.15) is 0 Å². The highest BCUT2D eigenvalue weighted by Crippen LogP contribution is 2.19. The normalized spacial score (nSPS) is 10.1. The van der Waals surface area contributed by atoms with Crippen molar-refractivity contribution in [3.63, 3.8) is 0 Å². The van der Waals surface area contributed by atoms with Crippen molar-refractivity contribution in [2.45, 2.75) is 6.42 Å². The molecule has 0 aliphatic heterocycles. The lowest BCUT2D eigenvalue weighted by Crippen LogP contribution is -2.08. The second-order valence-corrected chi connectivity index (χ2v) is 3.69. The van der Waals surface area contributed by atoms with Crippen LogP contribution in [-0.2, 0) is 0 Å². The SMILES string of the molecule is NCCC(=O)c1cc(Cl)ncc1Br. The zero-order valence-electron chi connectivity index (χ0n) is 6.76. The van der Waals surface area contributed by atoms with Gasteiger partial charge in [0.25, 0.3) is 0 Å². The molecule has 0 fully saturated rings. The Bertz CT molecular complexity index is 330.